The second-order valence-corrected chi connectivity index (χ2v) is 3.76. The van der Waals surface area contributed by atoms with E-state index in [2.05, 4.69) is 10.6 Å². The van der Waals surface area contributed by atoms with E-state index in [0.717, 1.165) is 0 Å². The zero-order chi connectivity index (χ0) is 13.3. The first-order valence-corrected chi connectivity index (χ1v) is 5.04. The molecule has 0 unspecified atom stereocenters. The molecule has 0 atom stereocenters. The molecule has 1 amide bonds. The summed E-state index contributed by atoms with van der Waals surface area (Å²) in [6, 6.07) is 2.65. The summed E-state index contributed by atoms with van der Waals surface area (Å²) >= 11 is 0. The molecule has 0 bridgehead atoms. The Kier molecular flexibility index (Phi) is 2.84. The van der Waals surface area contributed by atoms with Crippen LogP contribution >= 0.6 is 0 Å². The minimum atomic E-state index is -1.13. The number of amides is 1. The number of benzene rings is 1. The standard InChI is InChI=1S/C10H9N3O5/c14-9-2-5-1-8(13(17)18)7(3-6(5)12-9)11-4-10(15)16/h1,3,11H,2,4H2,(H,12,14)(H,15,16). The van der Waals surface area contributed by atoms with Crippen molar-refractivity contribution in [1.82, 2.24) is 0 Å². The van der Waals surface area contributed by atoms with Crippen LogP contribution in [0, 0.1) is 10.1 Å². The van der Waals surface area contributed by atoms with E-state index in [1.165, 1.54) is 12.1 Å². The first-order valence-electron chi connectivity index (χ1n) is 5.04. The van der Waals surface area contributed by atoms with Crippen LogP contribution in [-0.4, -0.2) is 28.5 Å². The van der Waals surface area contributed by atoms with E-state index in [-0.39, 0.29) is 23.7 Å². The lowest BCUT2D eigenvalue weighted by Gasteiger charge is -2.07. The smallest absolute Gasteiger partial charge is 0.322 e. The molecule has 18 heavy (non-hydrogen) atoms. The summed E-state index contributed by atoms with van der Waals surface area (Å²) in [5.74, 6) is -1.37. The SMILES string of the molecule is O=C(O)CNc1cc2c(cc1[N+](=O)[O-])CC(=O)N2. The van der Waals surface area contributed by atoms with Gasteiger partial charge in [-0.25, -0.2) is 0 Å². The Morgan fingerprint density at radius 3 is 2.89 bits per heavy atom. The number of carboxylic acid groups (broad SMARTS) is 1. The van der Waals surface area contributed by atoms with Crippen LogP contribution in [-0.2, 0) is 16.0 Å². The van der Waals surface area contributed by atoms with Crippen LogP contribution in [0.2, 0.25) is 0 Å². The minimum Gasteiger partial charge on any atom is -0.480 e. The van der Waals surface area contributed by atoms with Gasteiger partial charge in [-0.15, -0.1) is 0 Å². The third-order valence-corrected chi connectivity index (χ3v) is 2.47. The van der Waals surface area contributed by atoms with Crippen LogP contribution in [0.25, 0.3) is 0 Å². The van der Waals surface area contributed by atoms with Crippen molar-refractivity contribution >= 4 is 28.9 Å². The van der Waals surface area contributed by atoms with Crippen LogP contribution in [0.4, 0.5) is 17.1 Å². The highest BCUT2D eigenvalue weighted by Gasteiger charge is 2.24. The molecule has 0 saturated carbocycles. The summed E-state index contributed by atoms with van der Waals surface area (Å²) < 4.78 is 0. The molecular formula is C10H9N3O5. The first-order chi connectivity index (χ1) is 8.47. The molecule has 1 aliphatic rings. The topological polar surface area (TPSA) is 122 Å². The second kappa shape index (κ2) is 4.32. The molecule has 0 radical (unpaired) electrons. The molecule has 1 aromatic rings. The number of aliphatic carboxylic acids is 1. The molecule has 0 spiro atoms. The number of hydrogen-bond donors (Lipinski definition) is 3. The number of carbonyl (C=O) groups excluding carboxylic acids is 1. The van der Waals surface area contributed by atoms with Crippen LogP contribution in [0.3, 0.4) is 0 Å². The average molecular weight is 251 g/mol. The Morgan fingerprint density at radius 1 is 1.56 bits per heavy atom. The van der Waals surface area contributed by atoms with Gasteiger partial charge in [0.1, 0.15) is 12.2 Å². The number of nitro benzene ring substituents is 1. The molecule has 0 saturated heterocycles. The maximum Gasteiger partial charge on any atom is 0.322 e. The lowest BCUT2D eigenvalue weighted by Crippen LogP contribution is -2.13. The highest BCUT2D eigenvalue weighted by molar-refractivity contribution is 6.00. The predicted molar refractivity (Wildman–Crippen MR) is 61.6 cm³/mol. The van der Waals surface area contributed by atoms with Crippen LogP contribution in [0.5, 0.6) is 0 Å². The van der Waals surface area contributed by atoms with Gasteiger partial charge in [0.2, 0.25) is 5.91 Å². The highest BCUT2D eigenvalue weighted by atomic mass is 16.6. The molecule has 94 valence electrons. The quantitative estimate of drug-likeness (QED) is 0.531. The number of nitrogens with zero attached hydrogens (tertiary/aromatic N) is 1. The van der Waals surface area contributed by atoms with E-state index >= 15 is 0 Å². The van der Waals surface area contributed by atoms with Gasteiger partial charge in [0.25, 0.3) is 5.69 Å². The average Bonchev–Trinajstić information content (AvgIpc) is 2.63. The number of hydrogen-bond acceptors (Lipinski definition) is 5. The highest BCUT2D eigenvalue weighted by Crippen LogP contribution is 2.34. The molecule has 1 aromatic carbocycles. The van der Waals surface area contributed by atoms with Gasteiger partial charge in [-0.2, -0.15) is 0 Å². The van der Waals surface area contributed by atoms with Crippen molar-refractivity contribution in [3.8, 4) is 0 Å². The van der Waals surface area contributed by atoms with E-state index in [0.29, 0.717) is 11.3 Å². The van der Waals surface area contributed by atoms with Gasteiger partial charge in [-0.1, -0.05) is 0 Å². The third-order valence-electron chi connectivity index (χ3n) is 2.47. The zero-order valence-electron chi connectivity index (χ0n) is 9.10. The van der Waals surface area contributed by atoms with Crippen LogP contribution in [0.15, 0.2) is 12.1 Å². The Bertz CT molecular complexity index is 555. The lowest BCUT2D eigenvalue weighted by atomic mass is 10.1. The number of nitro groups is 1. The molecule has 1 aliphatic heterocycles. The van der Waals surface area contributed by atoms with Crippen molar-refractivity contribution in [1.29, 1.82) is 0 Å². The number of fused-ring (bicyclic) bond motifs is 1. The molecule has 0 aliphatic carbocycles. The Labute approximate surface area is 101 Å². The fourth-order valence-electron chi connectivity index (χ4n) is 1.72. The Hall–Kier alpha value is -2.64. The Morgan fingerprint density at radius 2 is 2.28 bits per heavy atom. The van der Waals surface area contributed by atoms with Gasteiger partial charge in [-0.05, 0) is 11.6 Å². The van der Waals surface area contributed by atoms with Gasteiger partial charge in [0.15, 0.2) is 0 Å². The van der Waals surface area contributed by atoms with E-state index in [4.69, 9.17) is 5.11 Å². The van der Waals surface area contributed by atoms with Gasteiger partial charge < -0.3 is 15.7 Å². The van der Waals surface area contributed by atoms with Crippen molar-refractivity contribution in [3.05, 3.63) is 27.8 Å². The molecular weight excluding hydrogens is 242 g/mol. The number of rotatable bonds is 4. The number of carboxylic acids is 1. The van der Waals surface area contributed by atoms with Crippen molar-refractivity contribution in [2.45, 2.75) is 6.42 Å². The van der Waals surface area contributed by atoms with Crippen molar-refractivity contribution in [2.75, 3.05) is 17.2 Å². The fraction of sp³-hybridized carbons (Fsp3) is 0.200. The normalized spacial score (nSPS) is 12.8. The summed E-state index contributed by atoms with van der Waals surface area (Å²) in [5, 5.41) is 24.4. The summed E-state index contributed by atoms with van der Waals surface area (Å²) in [4.78, 5) is 31.8. The maximum absolute atomic E-state index is 11.2. The van der Waals surface area contributed by atoms with Gasteiger partial charge in [-0.3, -0.25) is 19.7 Å². The molecule has 0 fully saturated rings. The second-order valence-electron chi connectivity index (χ2n) is 3.76. The van der Waals surface area contributed by atoms with Crippen molar-refractivity contribution in [3.63, 3.8) is 0 Å². The largest absolute Gasteiger partial charge is 0.480 e. The van der Waals surface area contributed by atoms with E-state index in [1.54, 1.807) is 0 Å². The Balaban J connectivity index is 2.38. The third kappa shape index (κ3) is 2.21. The lowest BCUT2D eigenvalue weighted by molar-refractivity contribution is -0.384. The zero-order valence-corrected chi connectivity index (χ0v) is 9.10. The number of carbonyl (C=O) groups is 2. The summed E-state index contributed by atoms with van der Waals surface area (Å²) in [6.45, 7) is -0.437. The summed E-state index contributed by atoms with van der Waals surface area (Å²) in [6.07, 6.45) is 0.0926. The van der Waals surface area contributed by atoms with Crippen molar-refractivity contribution < 1.29 is 19.6 Å². The van der Waals surface area contributed by atoms with Gasteiger partial charge in [0, 0.05) is 11.8 Å². The summed E-state index contributed by atoms with van der Waals surface area (Å²) in [7, 11) is 0. The van der Waals surface area contributed by atoms with Crippen LogP contribution < -0.4 is 10.6 Å². The molecule has 8 heteroatoms. The number of anilines is 2. The van der Waals surface area contributed by atoms with E-state index in [9.17, 15) is 19.7 Å². The van der Waals surface area contributed by atoms with Crippen molar-refractivity contribution in [2.24, 2.45) is 0 Å². The summed E-state index contributed by atoms with van der Waals surface area (Å²) in [5.41, 5.74) is 0.834. The molecule has 8 nitrogen and oxygen atoms in total. The van der Waals surface area contributed by atoms with Gasteiger partial charge in [0.05, 0.1) is 11.3 Å². The minimum absolute atomic E-state index is 0.0725. The first kappa shape index (κ1) is 11.8. The van der Waals surface area contributed by atoms with Gasteiger partial charge >= 0.3 is 5.97 Å². The van der Waals surface area contributed by atoms with E-state index in [1.807, 2.05) is 0 Å². The molecule has 2 rings (SSSR count). The molecule has 3 N–H and O–H groups in total. The maximum atomic E-state index is 11.2. The van der Waals surface area contributed by atoms with Crippen LogP contribution in [0.1, 0.15) is 5.56 Å². The monoisotopic (exact) mass is 251 g/mol. The fourth-order valence-corrected chi connectivity index (χ4v) is 1.72. The molecule has 0 aromatic heterocycles. The predicted octanol–water partition coefficient (Wildman–Crippen LogP) is 0.586. The number of nitrogens with one attached hydrogen (secondary N) is 2. The molecule has 1 heterocycles. The van der Waals surface area contributed by atoms with E-state index < -0.39 is 17.4 Å².